The van der Waals surface area contributed by atoms with Gasteiger partial charge >= 0.3 is 5.97 Å². The predicted molar refractivity (Wildman–Crippen MR) is 134 cm³/mol. The summed E-state index contributed by atoms with van der Waals surface area (Å²) in [6, 6.07) is 5.36. The van der Waals surface area contributed by atoms with E-state index < -0.39 is 17.3 Å². The van der Waals surface area contributed by atoms with Gasteiger partial charge in [0.2, 0.25) is 0 Å². The van der Waals surface area contributed by atoms with Gasteiger partial charge in [0.1, 0.15) is 10.6 Å². The van der Waals surface area contributed by atoms with Crippen molar-refractivity contribution in [3.05, 3.63) is 96.3 Å². The minimum atomic E-state index is -1.35. The van der Waals surface area contributed by atoms with E-state index in [4.69, 9.17) is 28.3 Å². The van der Waals surface area contributed by atoms with Crippen LogP contribution >= 0.6 is 34.5 Å². The molecule has 4 heterocycles. The molecule has 1 fully saturated rings. The van der Waals surface area contributed by atoms with Crippen molar-refractivity contribution < 1.29 is 14.3 Å². The first-order valence-electron chi connectivity index (χ1n) is 10.7. The van der Waals surface area contributed by atoms with Crippen molar-refractivity contribution in [2.45, 2.75) is 32.1 Å². The summed E-state index contributed by atoms with van der Waals surface area (Å²) in [5.41, 5.74) is 3.09. The van der Waals surface area contributed by atoms with Crippen LogP contribution in [-0.2, 0) is 0 Å². The fourth-order valence-electron chi connectivity index (χ4n) is 4.38. The molecule has 6 nitrogen and oxygen atoms in total. The van der Waals surface area contributed by atoms with E-state index in [1.807, 2.05) is 19.1 Å². The molecule has 2 atom stereocenters. The zero-order chi connectivity index (χ0) is 25.0. The maximum absolute atomic E-state index is 14.7. The Bertz CT molecular complexity index is 1570. The molecular weight excluding hydrogens is 512 g/mol. The number of hydrogen-bond donors (Lipinski definition) is 1. The lowest BCUT2D eigenvalue weighted by Gasteiger charge is -2.16. The standard InChI is InChI=1S/C25H18Cl2FN3O3S/c1-11-7-30-19(23-22(28)18(10-35-23)25(33)34)6-20(11)31-12(2)3-17(21(27)24(31)32)16-5-15(16)13-4-14(26)9-29-8-13/h3-4,6-10,15-16H,5H2,1-2H3,(H,33,34)/t15?,16-/m1/s1. The van der Waals surface area contributed by atoms with E-state index in [9.17, 15) is 14.0 Å². The summed E-state index contributed by atoms with van der Waals surface area (Å²) in [6.45, 7) is 3.60. The summed E-state index contributed by atoms with van der Waals surface area (Å²) in [7, 11) is 0. The zero-order valence-corrected chi connectivity index (χ0v) is 20.9. The molecule has 0 aromatic carbocycles. The van der Waals surface area contributed by atoms with Gasteiger partial charge in [0.15, 0.2) is 5.82 Å². The topological polar surface area (TPSA) is 85.1 Å². The smallest absolute Gasteiger partial charge is 0.339 e. The Kier molecular flexibility index (Phi) is 5.99. The number of carboxylic acids is 1. The number of aromatic nitrogens is 3. The van der Waals surface area contributed by atoms with E-state index >= 15 is 0 Å². The third-order valence-corrected chi connectivity index (χ3v) is 7.78. The van der Waals surface area contributed by atoms with Crippen LogP contribution in [-0.4, -0.2) is 25.6 Å². The number of rotatable bonds is 5. The lowest BCUT2D eigenvalue weighted by molar-refractivity contribution is 0.0693. The van der Waals surface area contributed by atoms with Crippen LogP contribution in [0.15, 0.2) is 47.0 Å². The number of nitrogens with zero attached hydrogens (tertiary/aromatic N) is 3. The normalized spacial score (nSPS) is 16.9. The second-order valence-electron chi connectivity index (χ2n) is 8.53. The lowest BCUT2D eigenvalue weighted by Crippen LogP contribution is -2.23. The molecule has 1 aliphatic carbocycles. The van der Waals surface area contributed by atoms with Gasteiger partial charge in [0.25, 0.3) is 5.56 Å². The van der Waals surface area contributed by atoms with Crippen molar-refractivity contribution in [2.75, 3.05) is 0 Å². The lowest BCUT2D eigenvalue weighted by atomic mass is 10.1. The Morgan fingerprint density at radius 2 is 1.94 bits per heavy atom. The molecule has 1 saturated carbocycles. The van der Waals surface area contributed by atoms with Gasteiger partial charge in [0.05, 0.1) is 21.3 Å². The number of hydrogen-bond acceptors (Lipinski definition) is 5. The van der Waals surface area contributed by atoms with Crippen molar-refractivity contribution in [3.63, 3.8) is 0 Å². The van der Waals surface area contributed by atoms with Crippen LogP contribution in [0, 0.1) is 19.7 Å². The van der Waals surface area contributed by atoms with Crippen molar-refractivity contribution >= 4 is 40.5 Å². The molecular formula is C25H18Cl2FN3O3S. The quantitative estimate of drug-likeness (QED) is 0.323. The Morgan fingerprint density at radius 1 is 1.17 bits per heavy atom. The van der Waals surface area contributed by atoms with Crippen LogP contribution in [0.1, 0.15) is 51.0 Å². The number of thiophene rings is 1. The first-order chi connectivity index (χ1) is 16.7. The second-order valence-corrected chi connectivity index (χ2v) is 10.2. The third-order valence-electron chi connectivity index (χ3n) is 6.21. The average molecular weight is 530 g/mol. The molecule has 1 unspecified atom stereocenters. The van der Waals surface area contributed by atoms with Crippen LogP contribution in [0.5, 0.6) is 0 Å². The predicted octanol–water partition coefficient (Wildman–Crippen LogP) is 6.39. The van der Waals surface area contributed by atoms with Crippen molar-refractivity contribution in [1.29, 1.82) is 0 Å². The van der Waals surface area contributed by atoms with E-state index in [-0.39, 0.29) is 33.0 Å². The molecule has 0 bridgehead atoms. The van der Waals surface area contributed by atoms with Gasteiger partial charge in [-0.3, -0.25) is 19.3 Å². The molecule has 10 heteroatoms. The molecule has 0 aliphatic heterocycles. The minimum absolute atomic E-state index is 0.0903. The second kappa shape index (κ2) is 8.86. The molecule has 5 rings (SSSR count). The summed E-state index contributed by atoms with van der Waals surface area (Å²) in [4.78, 5) is 33.2. The van der Waals surface area contributed by atoms with Gasteiger partial charge < -0.3 is 5.11 Å². The molecule has 0 saturated heterocycles. The maximum Gasteiger partial charge on any atom is 0.339 e. The van der Waals surface area contributed by atoms with Crippen molar-refractivity contribution in [3.8, 4) is 16.3 Å². The number of pyridine rings is 3. The van der Waals surface area contributed by atoms with Crippen LogP contribution in [0.25, 0.3) is 16.3 Å². The molecule has 0 radical (unpaired) electrons. The number of carbonyl (C=O) groups is 1. The van der Waals surface area contributed by atoms with Crippen molar-refractivity contribution in [1.82, 2.24) is 14.5 Å². The van der Waals surface area contributed by atoms with E-state index in [1.54, 1.807) is 25.4 Å². The number of halogens is 3. The Hall–Kier alpha value is -3.07. The summed E-state index contributed by atoms with van der Waals surface area (Å²) in [5, 5.41) is 11.1. The first-order valence-corrected chi connectivity index (χ1v) is 12.3. The maximum atomic E-state index is 14.7. The number of carboxylic acid groups (broad SMARTS) is 1. The van der Waals surface area contributed by atoms with Gasteiger partial charge in [-0.15, -0.1) is 11.3 Å². The number of aryl methyl sites for hydroxylation is 2. The van der Waals surface area contributed by atoms with Crippen molar-refractivity contribution in [2.24, 2.45) is 0 Å². The first kappa shape index (κ1) is 23.7. The Labute approximate surface area is 213 Å². The highest BCUT2D eigenvalue weighted by Gasteiger charge is 2.42. The van der Waals surface area contributed by atoms with Crippen LogP contribution in [0.4, 0.5) is 4.39 Å². The fourth-order valence-corrected chi connectivity index (χ4v) is 5.73. The highest BCUT2D eigenvalue weighted by Crippen LogP contribution is 2.56. The largest absolute Gasteiger partial charge is 0.478 e. The van der Waals surface area contributed by atoms with E-state index in [2.05, 4.69) is 9.97 Å². The van der Waals surface area contributed by atoms with Crippen LogP contribution in [0.3, 0.4) is 0 Å². The molecule has 0 spiro atoms. The van der Waals surface area contributed by atoms with E-state index in [1.165, 1.54) is 16.1 Å². The van der Waals surface area contributed by atoms with Gasteiger partial charge in [-0.25, -0.2) is 9.18 Å². The highest BCUT2D eigenvalue weighted by molar-refractivity contribution is 7.13. The summed E-state index contributed by atoms with van der Waals surface area (Å²) < 4.78 is 16.1. The van der Waals surface area contributed by atoms with Gasteiger partial charge in [-0.2, -0.15) is 0 Å². The van der Waals surface area contributed by atoms with Gasteiger partial charge in [-0.1, -0.05) is 23.2 Å². The average Bonchev–Trinajstić information content (AvgIpc) is 3.52. The minimum Gasteiger partial charge on any atom is -0.478 e. The summed E-state index contributed by atoms with van der Waals surface area (Å²) in [6.07, 6.45) is 5.73. The van der Waals surface area contributed by atoms with E-state index in [0.29, 0.717) is 22.0 Å². The molecule has 4 aromatic heterocycles. The highest BCUT2D eigenvalue weighted by atomic mass is 35.5. The monoisotopic (exact) mass is 529 g/mol. The molecule has 1 N–H and O–H groups in total. The fraction of sp³-hybridized carbons (Fsp3) is 0.200. The molecule has 178 valence electrons. The van der Waals surface area contributed by atoms with Gasteiger partial charge in [0, 0.05) is 29.7 Å². The molecule has 35 heavy (non-hydrogen) atoms. The zero-order valence-electron chi connectivity index (χ0n) is 18.6. The van der Waals surface area contributed by atoms with Crippen LogP contribution in [0.2, 0.25) is 10.0 Å². The molecule has 4 aromatic rings. The van der Waals surface area contributed by atoms with E-state index in [0.717, 1.165) is 28.9 Å². The molecule has 0 amide bonds. The Balaban J connectivity index is 1.55. The van der Waals surface area contributed by atoms with Crippen LogP contribution < -0.4 is 5.56 Å². The SMILES string of the molecule is Cc1cnc(-c2scc(C(=O)O)c2F)cc1-n1c(C)cc([C@@H]2CC2c2cncc(Cl)c2)c(Cl)c1=O. The Morgan fingerprint density at radius 3 is 2.63 bits per heavy atom. The number of aromatic carboxylic acids is 1. The summed E-state index contributed by atoms with van der Waals surface area (Å²) >= 11 is 13.6. The van der Waals surface area contributed by atoms with Gasteiger partial charge in [-0.05, 0) is 67.0 Å². The summed E-state index contributed by atoms with van der Waals surface area (Å²) in [5.74, 6) is -1.92. The molecule has 1 aliphatic rings. The third kappa shape index (κ3) is 4.16.